The van der Waals surface area contributed by atoms with Gasteiger partial charge in [-0.15, -0.1) is 0 Å². The summed E-state index contributed by atoms with van der Waals surface area (Å²) in [5.41, 5.74) is 5.68. The van der Waals surface area contributed by atoms with Crippen molar-refractivity contribution < 1.29 is 14.3 Å². The zero-order valence-electron chi connectivity index (χ0n) is 11.8. The molecule has 0 aliphatic heterocycles. The first-order valence-electron chi connectivity index (χ1n) is 6.65. The minimum absolute atomic E-state index is 0.300. The van der Waals surface area contributed by atoms with Crippen molar-refractivity contribution in [3.63, 3.8) is 0 Å². The Bertz CT molecular complexity index is 212. The summed E-state index contributed by atoms with van der Waals surface area (Å²) in [6.45, 7) is 8.16. The van der Waals surface area contributed by atoms with Crippen LogP contribution in [-0.2, 0) is 14.3 Å². The van der Waals surface area contributed by atoms with E-state index in [1.807, 2.05) is 0 Å². The third-order valence-corrected chi connectivity index (χ3v) is 3.35. The first-order valence-corrected chi connectivity index (χ1v) is 7.81. The highest BCUT2D eigenvalue weighted by atomic mass is 32.2. The summed E-state index contributed by atoms with van der Waals surface area (Å²) in [7, 11) is 0. The van der Waals surface area contributed by atoms with Crippen LogP contribution in [0.1, 0.15) is 33.6 Å². The predicted molar refractivity (Wildman–Crippen MR) is 76.8 cm³/mol. The molecule has 0 saturated carbocycles. The van der Waals surface area contributed by atoms with Gasteiger partial charge in [0.05, 0.1) is 13.2 Å². The van der Waals surface area contributed by atoms with E-state index < -0.39 is 6.04 Å². The van der Waals surface area contributed by atoms with Crippen LogP contribution in [0.25, 0.3) is 0 Å². The van der Waals surface area contributed by atoms with Gasteiger partial charge in [-0.05, 0) is 31.4 Å². The summed E-state index contributed by atoms with van der Waals surface area (Å²) in [6.07, 6.45) is 1.77. The summed E-state index contributed by atoms with van der Waals surface area (Å²) in [5, 5.41) is 0. The van der Waals surface area contributed by atoms with E-state index in [1.54, 1.807) is 18.7 Å². The molecule has 2 N–H and O–H groups in total. The number of carbonyl (C=O) groups excluding carboxylic acids is 1. The number of rotatable bonds is 11. The number of carbonyl (C=O) groups is 1. The van der Waals surface area contributed by atoms with Crippen molar-refractivity contribution in [2.75, 3.05) is 31.3 Å². The van der Waals surface area contributed by atoms with E-state index >= 15 is 0 Å². The Morgan fingerprint density at radius 1 is 1.22 bits per heavy atom. The predicted octanol–water partition coefficient (Wildman–Crippen LogP) is 2.06. The fourth-order valence-electron chi connectivity index (χ4n) is 1.22. The molecule has 0 aromatic rings. The third kappa shape index (κ3) is 10.9. The van der Waals surface area contributed by atoms with Crippen LogP contribution in [0.4, 0.5) is 0 Å². The summed E-state index contributed by atoms with van der Waals surface area (Å²) >= 11 is 1.76. The zero-order valence-corrected chi connectivity index (χ0v) is 12.6. The fourth-order valence-corrected chi connectivity index (χ4v) is 2.08. The van der Waals surface area contributed by atoms with Crippen molar-refractivity contribution in [2.45, 2.75) is 39.7 Å². The molecule has 108 valence electrons. The summed E-state index contributed by atoms with van der Waals surface area (Å²) in [6, 6.07) is -0.487. The molecule has 5 heteroatoms. The Morgan fingerprint density at radius 3 is 2.56 bits per heavy atom. The maximum Gasteiger partial charge on any atom is 0.322 e. The first-order chi connectivity index (χ1) is 8.57. The maximum absolute atomic E-state index is 11.2. The zero-order chi connectivity index (χ0) is 13.8. The lowest BCUT2D eigenvalue weighted by Crippen LogP contribution is -2.32. The average molecular weight is 277 g/mol. The van der Waals surface area contributed by atoms with Gasteiger partial charge in [-0.3, -0.25) is 4.79 Å². The smallest absolute Gasteiger partial charge is 0.322 e. The number of ether oxygens (including phenoxy) is 2. The van der Waals surface area contributed by atoms with Gasteiger partial charge in [-0.2, -0.15) is 11.8 Å². The molecule has 0 aliphatic carbocycles. The Labute approximate surface area is 115 Å². The van der Waals surface area contributed by atoms with Crippen LogP contribution in [0, 0.1) is 5.92 Å². The van der Waals surface area contributed by atoms with Gasteiger partial charge in [-0.1, -0.05) is 13.8 Å². The van der Waals surface area contributed by atoms with Crippen molar-refractivity contribution in [1.29, 1.82) is 0 Å². The van der Waals surface area contributed by atoms with E-state index in [-0.39, 0.29) is 5.97 Å². The van der Waals surface area contributed by atoms with Gasteiger partial charge in [0.25, 0.3) is 0 Å². The average Bonchev–Trinajstić information content (AvgIpc) is 2.32. The SMILES string of the molecule is CCOC(=O)C(N)CCSCCOCCC(C)C. The first kappa shape index (κ1) is 17.7. The Balaban J connectivity index is 3.27. The van der Waals surface area contributed by atoms with E-state index in [4.69, 9.17) is 15.2 Å². The maximum atomic E-state index is 11.2. The number of thioether (sulfide) groups is 1. The molecular formula is C13H27NO3S. The summed E-state index contributed by atoms with van der Waals surface area (Å²) in [4.78, 5) is 11.2. The molecule has 4 nitrogen and oxygen atoms in total. The minimum Gasteiger partial charge on any atom is -0.465 e. The number of hydrogen-bond donors (Lipinski definition) is 1. The molecule has 0 amide bonds. The highest BCUT2D eigenvalue weighted by Crippen LogP contribution is 2.06. The van der Waals surface area contributed by atoms with Crippen molar-refractivity contribution >= 4 is 17.7 Å². The molecule has 18 heavy (non-hydrogen) atoms. The molecule has 1 unspecified atom stereocenters. The monoisotopic (exact) mass is 277 g/mol. The fraction of sp³-hybridized carbons (Fsp3) is 0.923. The molecule has 0 saturated heterocycles. The quantitative estimate of drug-likeness (QED) is 0.463. The van der Waals surface area contributed by atoms with Crippen LogP contribution < -0.4 is 5.73 Å². The van der Waals surface area contributed by atoms with E-state index in [0.29, 0.717) is 18.9 Å². The van der Waals surface area contributed by atoms with E-state index in [2.05, 4.69) is 13.8 Å². The van der Waals surface area contributed by atoms with Gasteiger partial charge < -0.3 is 15.2 Å². The number of hydrogen-bond acceptors (Lipinski definition) is 5. The highest BCUT2D eigenvalue weighted by molar-refractivity contribution is 7.99. The Kier molecular flexibility index (Phi) is 11.6. The van der Waals surface area contributed by atoms with Crippen LogP contribution in [0.2, 0.25) is 0 Å². The largest absolute Gasteiger partial charge is 0.465 e. The topological polar surface area (TPSA) is 61.5 Å². The highest BCUT2D eigenvalue weighted by Gasteiger charge is 2.13. The van der Waals surface area contributed by atoms with Gasteiger partial charge >= 0.3 is 5.97 Å². The van der Waals surface area contributed by atoms with Gasteiger partial charge in [0.15, 0.2) is 0 Å². The lowest BCUT2D eigenvalue weighted by atomic mass is 10.1. The molecule has 0 bridgehead atoms. The molecule has 0 radical (unpaired) electrons. The molecule has 0 aliphatic rings. The molecule has 0 spiro atoms. The standard InChI is InChI=1S/C13H27NO3S/c1-4-17-13(15)12(14)6-9-18-10-8-16-7-5-11(2)3/h11-12H,4-10,14H2,1-3H3. The molecule has 0 aromatic carbocycles. The third-order valence-electron chi connectivity index (χ3n) is 2.37. The minimum atomic E-state index is -0.487. The van der Waals surface area contributed by atoms with Crippen molar-refractivity contribution in [3.05, 3.63) is 0 Å². The Morgan fingerprint density at radius 2 is 1.94 bits per heavy atom. The van der Waals surface area contributed by atoms with Crippen LogP contribution >= 0.6 is 11.8 Å². The van der Waals surface area contributed by atoms with Gasteiger partial charge in [0.1, 0.15) is 6.04 Å². The molecule has 0 aromatic heterocycles. The molecule has 0 heterocycles. The normalized spacial score (nSPS) is 12.7. The number of nitrogens with two attached hydrogens (primary N) is 1. The van der Waals surface area contributed by atoms with E-state index in [1.165, 1.54) is 0 Å². The Hall–Kier alpha value is -0.260. The van der Waals surface area contributed by atoms with Gasteiger partial charge in [-0.25, -0.2) is 0 Å². The van der Waals surface area contributed by atoms with E-state index in [9.17, 15) is 4.79 Å². The van der Waals surface area contributed by atoms with Crippen LogP contribution in [0.5, 0.6) is 0 Å². The second-order valence-corrected chi connectivity index (χ2v) is 5.78. The van der Waals surface area contributed by atoms with Crippen LogP contribution in [0.3, 0.4) is 0 Å². The van der Waals surface area contributed by atoms with Crippen LogP contribution in [-0.4, -0.2) is 43.3 Å². The summed E-state index contributed by atoms with van der Waals surface area (Å²) in [5.74, 6) is 2.22. The van der Waals surface area contributed by atoms with E-state index in [0.717, 1.165) is 31.1 Å². The molecule has 0 fully saturated rings. The van der Waals surface area contributed by atoms with Crippen molar-refractivity contribution in [1.82, 2.24) is 0 Å². The van der Waals surface area contributed by atoms with Gasteiger partial charge in [0, 0.05) is 12.4 Å². The molecule has 1 atom stereocenters. The van der Waals surface area contributed by atoms with Crippen molar-refractivity contribution in [2.24, 2.45) is 11.7 Å². The number of esters is 1. The van der Waals surface area contributed by atoms with Crippen LogP contribution in [0.15, 0.2) is 0 Å². The summed E-state index contributed by atoms with van der Waals surface area (Å²) < 4.78 is 10.3. The molecule has 0 rings (SSSR count). The second-order valence-electron chi connectivity index (χ2n) is 4.55. The molecular weight excluding hydrogens is 250 g/mol. The van der Waals surface area contributed by atoms with Gasteiger partial charge in [0.2, 0.25) is 0 Å². The lowest BCUT2D eigenvalue weighted by molar-refractivity contribution is -0.144. The second kappa shape index (κ2) is 11.8. The lowest BCUT2D eigenvalue weighted by Gasteiger charge is -2.10. The van der Waals surface area contributed by atoms with Crippen molar-refractivity contribution in [3.8, 4) is 0 Å².